The summed E-state index contributed by atoms with van der Waals surface area (Å²) in [6.45, 7) is 5.98. The van der Waals surface area contributed by atoms with Gasteiger partial charge in [-0.15, -0.1) is 11.3 Å². The molecular weight excluding hydrogens is 313 g/mol. The fourth-order valence-corrected chi connectivity index (χ4v) is 3.16. The Balaban J connectivity index is 2.42. The smallest absolute Gasteiger partial charge is 0.260 e. The fourth-order valence-electron chi connectivity index (χ4n) is 2.00. The summed E-state index contributed by atoms with van der Waals surface area (Å²) >= 11 is 13.6. The van der Waals surface area contributed by atoms with Crippen molar-refractivity contribution < 1.29 is 4.79 Å². The monoisotopic (exact) mass is 327 g/mol. The van der Waals surface area contributed by atoms with Crippen molar-refractivity contribution in [1.82, 2.24) is 0 Å². The van der Waals surface area contributed by atoms with E-state index in [1.807, 2.05) is 32.2 Å². The Morgan fingerprint density at radius 1 is 1.25 bits per heavy atom. The van der Waals surface area contributed by atoms with E-state index in [1.54, 1.807) is 34.4 Å². The van der Waals surface area contributed by atoms with Crippen LogP contribution in [0.2, 0.25) is 10.0 Å². The van der Waals surface area contributed by atoms with Crippen LogP contribution in [0.1, 0.15) is 29.1 Å². The molecule has 0 atom stereocenters. The highest BCUT2D eigenvalue weighted by Crippen LogP contribution is 2.29. The average molecular weight is 328 g/mol. The van der Waals surface area contributed by atoms with Crippen molar-refractivity contribution in [2.45, 2.75) is 26.8 Å². The number of amides is 1. The van der Waals surface area contributed by atoms with Crippen LogP contribution in [0.5, 0.6) is 0 Å². The van der Waals surface area contributed by atoms with E-state index in [4.69, 9.17) is 23.2 Å². The molecule has 2 nitrogen and oxygen atoms in total. The zero-order valence-corrected chi connectivity index (χ0v) is 13.8. The highest BCUT2D eigenvalue weighted by Gasteiger charge is 2.23. The molecule has 0 fully saturated rings. The number of nitrogens with zero attached hydrogens (tertiary/aromatic N) is 1. The van der Waals surface area contributed by atoms with Gasteiger partial charge in [-0.05, 0) is 45.0 Å². The summed E-state index contributed by atoms with van der Waals surface area (Å²) in [5, 5.41) is 2.88. The van der Waals surface area contributed by atoms with Crippen molar-refractivity contribution in [3.05, 3.63) is 50.1 Å². The summed E-state index contributed by atoms with van der Waals surface area (Å²) < 4.78 is 0. The lowest BCUT2D eigenvalue weighted by atomic mass is 10.1. The molecule has 1 amide bonds. The van der Waals surface area contributed by atoms with Gasteiger partial charge in [0.05, 0.1) is 16.3 Å². The van der Waals surface area contributed by atoms with Crippen molar-refractivity contribution in [3.8, 4) is 0 Å². The number of halogens is 2. The molecule has 0 aliphatic carbocycles. The lowest BCUT2D eigenvalue weighted by molar-refractivity contribution is 0.0980. The molecule has 0 spiro atoms. The molecule has 1 heterocycles. The number of thiophene rings is 1. The highest BCUT2D eigenvalue weighted by molar-refractivity contribution is 7.10. The molecule has 0 aliphatic rings. The van der Waals surface area contributed by atoms with E-state index in [9.17, 15) is 4.79 Å². The molecule has 5 heteroatoms. The average Bonchev–Trinajstić information content (AvgIpc) is 2.75. The first-order chi connectivity index (χ1) is 9.40. The van der Waals surface area contributed by atoms with Gasteiger partial charge in [0, 0.05) is 21.3 Å². The molecule has 0 aliphatic heterocycles. The Labute approximate surface area is 132 Å². The largest absolute Gasteiger partial charge is 0.305 e. The predicted molar refractivity (Wildman–Crippen MR) is 87.5 cm³/mol. The van der Waals surface area contributed by atoms with Crippen LogP contribution < -0.4 is 4.90 Å². The second-order valence-electron chi connectivity index (χ2n) is 4.81. The standard InChI is InChI=1S/C15H15Cl2NOS/c1-9(2)18(12-6-10(3)20-8-12)15(19)13-5-4-11(16)7-14(13)17/h4-9H,1-3H3. The van der Waals surface area contributed by atoms with Gasteiger partial charge < -0.3 is 4.90 Å². The molecule has 0 radical (unpaired) electrons. The van der Waals surface area contributed by atoms with Gasteiger partial charge in [0.1, 0.15) is 0 Å². The number of hydrogen-bond acceptors (Lipinski definition) is 2. The molecule has 1 aromatic carbocycles. The summed E-state index contributed by atoms with van der Waals surface area (Å²) in [4.78, 5) is 15.6. The van der Waals surface area contributed by atoms with Crippen LogP contribution in [0.4, 0.5) is 5.69 Å². The Kier molecular flexibility index (Phi) is 4.74. The minimum absolute atomic E-state index is 0.0447. The van der Waals surface area contributed by atoms with Crippen molar-refractivity contribution in [2.75, 3.05) is 4.90 Å². The van der Waals surface area contributed by atoms with Gasteiger partial charge in [0.25, 0.3) is 5.91 Å². The third-order valence-electron chi connectivity index (χ3n) is 2.89. The number of carbonyl (C=O) groups excluding carboxylic acids is 1. The summed E-state index contributed by atoms with van der Waals surface area (Å²) in [5.41, 5.74) is 1.37. The number of carbonyl (C=O) groups is 1. The first kappa shape index (κ1) is 15.4. The van der Waals surface area contributed by atoms with Crippen molar-refractivity contribution in [3.63, 3.8) is 0 Å². The second kappa shape index (κ2) is 6.17. The van der Waals surface area contributed by atoms with Crippen LogP contribution >= 0.6 is 34.5 Å². The highest BCUT2D eigenvalue weighted by atomic mass is 35.5. The minimum atomic E-state index is -0.112. The van der Waals surface area contributed by atoms with E-state index in [1.165, 1.54) is 4.88 Å². The van der Waals surface area contributed by atoms with Crippen LogP contribution in [0.15, 0.2) is 29.6 Å². The van der Waals surface area contributed by atoms with E-state index in [0.717, 1.165) is 5.69 Å². The third-order valence-corrected chi connectivity index (χ3v) is 4.29. The van der Waals surface area contributed by atoms with Crippen LogP contribution in [-0.4, -0.2) is 11.9 Å². The normalized spacial score (nSPS) is 10.9. The molecule has 0 bridgehead atoms. The van der Waals surface area contributed by atoms with Crippen LogP contribution in [0.25, 0.3) is 0 Å². The van der Waals surface area contributed by atoms with E-state index in [-0.39, 0.29) is 11.9 Å². The van der Waals surface area contributed by atoms with Gasteiger partial charge in [-0.3, -0.25) is 4.79 Å². The molecule has 106 valence electrons. The maximum Gasteiger partial charge on any atom is 0.260 e. The lowest BCUT2D eigenvalue weighted by Crippen LogP contribution is -2.36. The van der Waals surface area contributed by atoms with Gasteiger partial charge in [0.15, 0.2) is 0 Å². The molecule has 20 heavy (non-hydrogen) atoms. The van der Waals surface area contributed by atoms with E-state index in [0.29, 0.717) is 15.6 Å². The lowest BCUT2D eigenvalue weighted by Gasteiger charge is -2.26. The number of hydrogen-bond donors (Lipinski definition) is 0. The maximum absolute atomic E-state index is 12.7. The molecule has 1 aromatic heterocycles. The molecule has 0 unspecified atom stereocenters. The molecular formula is C15H15Cl2NOS. The van der Waals surface area contributed by atoms with Gasteiger partial charge in [0.2, 0.25) is 0 Å². The Hall–Kier alpha value is -1.03. The molecule has 2 aromatic rings. The van der Waals surface area contributed by atoms with Crippen LogP contribution in [0, 0.1) is 6.92 Å². The summed E-state index contributed by atoms with van der Waals surface area (Å²) in [7, 11) is 0. The number of benzene rings is 1. The van der Waals surface area contributed by atoms with Crippen molar-refractivity contribution >= 4 is 46.1 Å². The summed E-state index contributed by atoms with van der Waals surface area (Å²) in [6.07, 6.45) is 0. The molecule has 0 saturated carbocycles. The zero-order chi connectivity index (χ0) is 14.9. The topological polar surface area (TPSA) is 20.3 Å². The Bertz CT molecular complexity index is 637. The molecule has 2 rings (SSSR count). The third kappa shape index (κ3) is 3.17. The number of anilines is 1. The molecule has 0 saturated heterocycles. The SMILES string of the molecule is Cc1cc(N(C(=O)c2ccc(Cl)cc2Cl)C(C)C)cs1. The van der Waals surface area contributed by atoms with Crippen molar-refractivity contribution in [1.29, 1.82) is 0 Å². The van der Waals surface area contributed by atoms with E-state index < -0.39 is 0 Å². The van der Waals surface area contributed by atoms with Gasteiger partial charge in [-0.2, -0.15) is 0 Å². The van der Waals surface area contributed by atoms with Gasteiger partial charge in [-0.1, -0.05) is 23.2 Å². The van der Waals surface area contributed by atoms with Crippen LogP contribution in [0.3, 0.4) is 0 Å². The van der Waals surface area contributed by atoms with Gasteiger partial charge >= 0.3 is 0 Å². The number of rotatable bonds is 3. The van der Waals surface area contributed by atoms with Crippen molar-refractivity contribution in [2.24, 2.45) is 0 Å². The minimum Gasteiger partial charge on any atom is -0.305 e. The van der Waals surface area contributed by atoms with E-state index in [2.05, 4.69) is 0 Å². The fraction of sp³-hybridized carbons (Fsp3) is 0.267. The Morgan fingerprint density at radius 3 is 2.45 bits per heavy atom. The predicted octanol–water partition coefficient (Wildman–Crippen LogP) is 5.42. The summed E-state index contributed by atoms with van der Waals surface area (Å²) in [5.74, 6) is -0.112. The quantitative estimate of drug-likeness (QED) is 0.737. The van der Waals surface area contributed by atoms with Gasteiger partial charge in [-0.25, -0.2) is 0 Å². The van der Waals surface area contributed by atoms with E-state index >= 15 is 0 Å². The first-order valence-corrected chi connectivity index (χ1v) is 7.87. The Morgan fingerprint density at radius 2 is 1.95 bits per heavy atom. The maximum atomic E-state index is 12.7. The zero-order valence-electron chi connectivity index (χ0n) is 11.5. The summed E-state index contributed by atoms with van der Waals surface area (Å²) in [6, 6.07) is 6.99. The second-order valence-corrected chi connectivity index (χ2v) is 6.77. The number of aryl methyl sites for hydroxylation is 1. The van der Waals surface area contributed by atoms with Crippen LogP contribution in [-0.2, 0) is 0 Å². The first-order valence-electron chi connectivity index (χ1n) is 6.24. The molecule has 0 N–H and O–H groups in total.